The quantitative estimate of drug-likeness (QED) is 0.818. The molecule has 1 aromatic carbocycles. The predicted octanol–water partition coefficient (Wildman–Crippen LogP) is 1.36. The van der Waals surface area contributed by atoms with E-state index in [1.165, 1.54) is 10.9 Å². The number of hydrogen-bond acceptors (Lipinski definition) is 3. The van der Waals surface area contributed by atoms with Gasteiger partial charge in [0.15, 0.2) is 0 Å². The fourth-order valence-electron chi connectivity index (χ4n) is 2.50. The van der Waals surface area contributed by atoms with E-state index in [0.29, 0.717) is 6.04 Å². The van der Waals surface area contributed by atoms with E-state index in [1.807, 2.05) is 6.20 Å². The van der Waals surface area contributed by atoms with Crippen LogP contribution in [0.1, 0.15) is 12.5 Å². The van der Waals surface area contributed by atoms with Gasteiger partial charge in [-0.25, -0.2) is 0 Å². The fraction of sp³-hybridized carbons (Fsp3) is 0.462. The van der Waals surface area contributed by atoms with Crippen LogP contribution in [0.4, 0.5) is 0 Å². The van der Waals surface area contributed by atoms with E-state index in [2.05, 4.69) is 45.5 Å². The summed E-state index contributed by atoms with van der Waals surface area (Å²) >= 11 is 0. The van der Waals surface area contributed by atoms with Crippen molar-refractivity contribution < 1.29 is 0 Å². The highest BCUT2D eigenvalue weighted by molar-refractivity contribution is 5.78. The van der Waals surface area contributed by atoms with Crippen molar-refractivity contribution in [2.45, 2.75) is 19.5 Å². The summed E-state index contributed by atoms with van der Waals surface area (Å²) in [4.78, 5) is 2.50. The molecule has 3 rings (SSSR count). The minimum Gasteiger partial charge on any atom is -0.312 e. The first-order chi connectivity index (χ1) is 8.31. The number of aromatic nitrogens is 2. The lowest BCUT2D eigenvalue weighted by atomic mass is 10.1. The summed E-state index contributed by atoms with van der Waals surface area (Å²) in [6.45, 7) is 6.62. The molecule has 0 spiro atoms. The van der Waals surface area contributed by atoms with E-state index < -0.39 is 0 Å². The van der Waals surface area contributed by atoms with E-state index in [-0.39, 0.29) is 0 Å². The van der Waals surface area contributed by atoms with Crippen LogP contribution >= 0.6 is 0 Å². The lowest BCUT2D eigenvalue weighted by Gasteiger charge is -2.31. The Morgan fingerprint density at radius 3 is 3.29 bits per heavy atom. The van der Waals surface area contributed by atoms with Crippen LogP contribution in [0.5, 0.6) is 0 Å². The number of hydrogen-bond donors (Lipinski definition) is 2. The average molecular weight is 230 g/mol. The average Bonchev–Trinajstić information content (AvgIpc) is 2.76. The zero-order valence-electron chi connectivity index (χ0n) is 10.1. The van der Waals surface area contributed by atoms with Gasteiger partial charge in [0.1, 0.15) is 0 Å². The summed E-state index contributed by atoms with van der Waals surface area (Å²) < 4.78 is 0. The van der Waals surface area contributed by atoms with Gasteiger partial charge in [-0.05, 0) is 18.6 Å². The number of rotatable bonds is 2. The molecule has 4 nitrogen and oxygen atoms in total. The Kier molecular flexibility index (Phi) is 2.82. The third-order valence-corrected chi connectivity index (χ3v) is 3.37. The van der Waals surface area contributed by atoms with Gasteiger partial charge in [-0.15, -0.1) is 0 Å². The Hall–Kier alpha value is -1.39. The molecule has 2 heterocycles. The van der Waals surface area contributed by atoms with Crippen LogP contribution in [0, 0.1) is 0 Å². The van der Waals surface area contributed by atoms with E-state index in [0.717, 1.165) is 31.7 Å². The van der Waals surface area contributed by atoms with Gasteiger partial charge < -0.3 is 5.32 Å². The van der Waals surface area contributed by atoms with Crippen LogP contribution in [0.25, 0.3) is 10.9 Å². The number of nitrogens with one attached hydrogen (secondary N) is 2. The lowest BCUT2D eigenvalue weighted by molar-refractivity contribution is 0.200. The summed E-state index contributed by atoms with van der Waals surface area (Å²) in [6.07, 6.45) is 1.87. The highest BCUT2D eigenvalue weighted by Gasteiger charge is 2.15. The number of fused-ring (bicyclic) bond motifs is 1. The third kappa shape index (κ3) is 2.33. The smallest absolute Gasteiger partial charge is 0.0653 e. The summed E-state index contributed by atoms with van der Waals surface area (Å²) in [6, 6.07) is 7.14. The highest BCUT2D eigenvalue weighted by atomic mass is 15.2. The third-order valence-electron chi connectivity index (χ3n) is 3.37. The van der Waals surface area contributed by atoms with Crippen LogP contribution in [0.2, 0.25) is 0 Å². The Bertz CT molecular complexity index is 505. The number of piperazine rings is 1. The number of aromatic amines is 1. The van der Waals surface area contributed by atoms with Crippen LogP contribution in [0.3, 0.4) is 0 Å². The predicted molar refractivity (Wildman–Crippen MR) is 68.8 cm³/mol. The maximum atomic E-state index is 4.05. The summed E-state index contributed by atoms with van der Waals surface area (Å²) in [5, 5.41) is 11.7. The molecule has 0 bridgehead atoms. The molecule has 1 fully saturated rings. The Labute approximate surface area is 101 Å². The molecule has 2 N–H and O–H groups in total. The number of benzene rings is 1. The highest BCUT2D eigenvalue weighted by Crippen LogP contribution is 2.15. The van der Waals surface area contributed by atoms with Crippen molar-refractivity contribution in [3.63, 3.8) is 0 Å². The van der Waals surface area contributed by atoms with Gasteiger partial charge in [-0.1, -0.05) is 12.1 Å². The minimum absolute atomic E-state index is 0.597. The fourth-order valence-corrected chi connectivity index (χ4v) is 2.50. The van der Waals surface area contributed by atoms with Crippen molar-refractivity contribution in [3.05, 3.63) is 30.0 Å². The van der Waals surface area contributed by atoms with Gasteiger partial charge in [0.25, 0.3) is 0 Å². The van der Waals surface area contributed by atoms with Crippen molar-refractivity contribution in [1.29, 1.82) is 0 Å². The van der Waals surface area contributed by atoms with Crippen LogP contribution in [-0.4, -0.2) is 40.8 Å². The van der Waals surface area contributed by atoms with Crippen molar-refractivity contribution >= 4 is 10.9 Å². The molecule has 1 saturated heterocycles. The lowest BCUT2D eigenvalue weighted by Crippen LogP contribution is -2.48. The van der Waals surface area contributed by atoms with Gasteiger partial charge in [0, 0.05) is 37.6 Å². The maximum Gasteiger partial charge on any atom is 0.0653 e. The Balaban J connectivity index is 1.75. The van der Waals surface area contributed by atoms with Crippen molar-refractivity contribution in [1.82, 2.24) is 20.4 Å². The van der Waals surface area contributed by atoms with Crippen LogP contribution in [-0.2, 0) is 6.54 Å². The Morgan fingerprint density at radius 2 is 2.41 bits per heavy atom. The van der Waals surface area contributed by atoms with Gasteiger partial charge >= 0.3 is 0 Å². The second kappa shape index (κ2) is 4.47. The van der Waals surface area contributed by atoms with Crippen molar-refractivity contribution in [3.8, 4) is 0 Å². The molecule has 17 heavy (non-hydrogen) atoms. The van der Waals surface area contributed by atoms with E-state index in [1.54, 1.807) is 0 Å². The molecule has 90 valence electrons. The van der Waals surface area contributed by atoms with Crippen LogP contribution < -0.4 is 5.32 Å². The first-order valence-corrected chi connectivity index (χ1v) is 6.19. The molecule has 1 atom stereocenters. The summed E-state index contributed by atoms with van der Waals surface area (Å²) in [5.41, 5.74) is 2.49. The molecule has 1 aliphatic rings. The van der Waals surface area contributed by atoms with Crippen molar-refractivity contribution in [2.75, 3.05) is 19.6 Å². The zero-order chi connectivity index (χ0) is 11.7. The first-order valence-electron chi connectivity index (χ1n) is 6.19. The standard InChI is InChI=1S/C13H18N4/c1-10-8-17(5-4-14-10)9-11-2-3-12-7-15-16-13(12)6-11/h2-3,6-7,10,14H,4-5,8-9H2,1H3,(H,15,16). The molecule has 4 heteroatoms. The molecule has 1 aliphatic heterocycles. The second-order valence-electron chi connectivity index (χ2n) is 4.88. The summed E-state index contributed by atoms with van der Waals surface area (Å²) in [7, 11) is 0. The molecular weight excluding hydrogens is 212 g/mol. The van der Waals surface area contributed by atoms with E-state index >= 15 is 0 Å². The maximum absolute atomic E-state index is 4.05. The van der Waals surface area contributed by atoms with Gasteiger partial charge in [0.2, 0.25) is 0 Å². The minimum atomic E-state index is 0.597. The number of nitrogens with zero attached hydrogens (tertiary/aromatic N) is 2. The SMILES string of the molecule is CC1CN(Cc2ccc3cn[nH]c3c2)CCN1. The molecule has 0 saturated carbocycles. The molecular formula is C13H18N4. The van der Waals surface area contributed by atoms with Gasteiger partial charge in [-0.2, -0.15) is 5.10 Å². The van der Waals surface area contributed by atoms with Gasteiger partial charge in [0.05, 0.1) is 11.7 Å². The van der Waals surface area contributed by atoms with Gasteiger partial charge in [-0.3, -0.25) is 10.00 Å². The monoisotopic (exact) mass is 230 g/mol. The zero-order valence-corrected chi connectivity index (χ0v) is 10.1. The molecule has 0 radical (unpaired) electrons. The largest absolute Gasteiger partial charge is 0.312 e. The topological polar surface area (TPSA) is 44.0 Å². The second-order valence-corrected chi connectivity index (χ2v) is 4.88. The summed E-state index contributed by atoms with van der Waals surface area (Å²) in [5.74, 6) is 0. The van der Waals surface area contributed by atoms with E-state index in [9.17, 15) is 0 Å². The Morgan fingerprint density at radius 1 is 1.47 bits per heavy atom. The van der Waals surface area contributed by atoms with Crippen LogP contribution in [0.15, 0.2) is 24.4 Å². The molecule has 0 aliphatic carbocycles. The van der Waals surface area contributed by atoms with Crippen molar-refractivity contribution in [2.24, 2.45) is 0 Å². The van der Waals surface area contributed by atoms with E-state index in [4.69, 9.17) is 0 Å². The normalized spacial score (nSPS) is 22.1. The molecule has 2 aromatic rings. The first kappa shape index (κ1) is 10.7. The molecule has 1 aromatic heterocycles. The molecule has 0 amide bonds. The number of H-pyrrole nitrogens is 1. The molecule has 1 unspecified atom stereocenters.